The molecule has 0 aromatic heterocycles. The van der Waals surface area contributed by atoms with E-state index in [9.17, 15) is 26.7 Å². The molecule has 0 bridgehead atoms. The van der Waals surface area contributed by atoms with Crippen LogP contribution in [0.1, 0.15) is 22.3 Å². The number of carbonyl (C=O) groups excluding carboxylic acids is 1. The summed E-state index contributed by atoms with van der Waals surface area (Å²) < 4.78 is 83.3. The third-order valence-electron chi connectivity index (χ3n) is 5.16. The van der Waals surface area contributed by atoms with Crippen molar-refractivity contribution < 1.29 is 41.0 Å². The molecule has 11 heteroatoms. The first-order chi connectivity index (χ1) is 17.1. The van der Waals surface area contributed by atoms with Gasteiger partial charge in [0.2, 0.25) is 29.1 Å². The minimum Gasteiger partial charge on any atom is -0.496 e. The van der Waals surface area contributed by atoms with Crippen LogP contribution in [0.3, 0.4) is 0 Å². The number of nitrogens with zero attached hydrogens (tertiary/aromatic N) is 1. The van der Waals surface area contributed by atoms with Gasteiger partial charge in [-0.3, -0.25) is 4.79 Å². The summed E-state index contributed by atoms with van der Waals surface area (Å²) in [6, 6.07) is 9.95. The second kappa shape index (κ2) is 11.5. The minimum atomic E-state index is -2.28. The quantitative estimate of drug-likeness (QED) is 0.143. The SMILES string of the molecule is COc1ccc(/C=N/NC(=O)COc2cccc(C)c2C)cc1COc1c(F)c(F)c(F)c(F)c1F. The molecule has 0 aliphatic heterocycles. The first-order valence-corrected chi connectivity index (χ1v) is 10.5. The van der Waals surface area contributed by atoms with Gasteiger partial charge in [-0.15, -0.1) is 0 Å². The average molecular weight is 508 g/mol. The first-order valence-electron chi connectivity index (χ1n) is 10.5. The zero-order valence-corrected chi connectivity index (χ0v) is 19.4. The van der Waals surface area contributed by atoms with Crippen LogP contribution >= 0.6 is 0 Å². The van der Waals surface area contributed by atoms with E-state index in [1.807, 2.05) is 26.0 Å². The smallest absolute Gasteiger partial charge is 0.277 e. The number of halogens is 5. The van der Waals surface area contributed by atoms with E-state index >= 15 is 0 Å². The normalized spacial score (nSPS) is 11.0. The van der Waals surface area contributed by atoms with Crippen LogP contribution in [0, 0.1) is 42.9 Å². The second-order valence-corrected chi connectivity index (χ2v) is 7.54. The Morgan fingerprint density at radius 1 is 0.917 bits per heavy atom. The highest BCUT2D eigenvalue weighted by atomic mass is 19.2. The van der Waals surface area contributed by atoms with Gasteiger partial charge in [-0.05, 0) is 54.8 Å². The Labute approximate surface area is 203 Å². The molecule has 0 saturated heterocycles. The van der Waals surface area contributed by atoms with Gasteiger partial charge in [-0.2, -0.15) is 13.9 Å². The van der Waals surface area contributed by atoms with Crippen molar-refractivity contribution in [3.8, 4) is 17.2 Å². The molecule has 0 atom stereocenters. The molecule has 0 saturated carbocycles. The lowest BCUT2D eigenvalue weighted by molar-refractivity contribution is -0.123. The average Bonchev–Trinajstić information content (AvgIpc) is 2.87. The fourth-order valence-electron chi connectivity index (χ4n) is 3.09. The molecule has 3 rings (SSSR count). The van der Waals surface area contributed by atoms with Crippen molar-refractivity contribution in [1.29, 1.82) is 0 Å². The van der Waals surface area contributed by atoms with Crippen LogP contribution in [-0.4, -0.2) is 25.8 Å². The van der Waals surface area contributed by atoms with Gasteiger partial charge in [0.1, 0.15) is 18.1 Å². The lowest BCUT2D eigenvalue weighted by atomic mass is 10.1. The molecule has 36 heavy (non-hydrogen) atoms. The van der Waals surface area contributed by atoms with Gasteiger partial charge in [0, 0.05) is 5.56 Å². The van der Waals surface area contributed by atoms with Crippen molar-refractivity contribution in [1.82, 2.24) is 5.43 Å². The van der Waals surface area contributed by atoms with E-state index in [0.29, 0.717) is 11.3 Å². The molecule has 3 aromatic rings. The Hall–Kier alpha value is -4.15. The summed E-state index contributed by atoms with van der Waals surface area (Å²) in [6.45, 7) is 2.94. The standard InChI is InChI=1S/C25H21F5N2O4/c1-13-5-4-6-17(14(13)2)35-12-19(33)32-31-10-15-7-8-18(34-3)16(9-15)11-36-25-23(29)21(27)20(26)22(28)24(25)30/h4-10H,11-12H2,1-3H3,(H,32,33)/b31-10+. The van der Waals surface area contributed by atoms with Crippen LogP contribution in [0.5, 0.6) is 17.2 Å². The number of hydrogen-bond acceptors (Lipinski definition) is 5. The maximum atomic E-state index is 13.9. The van der Waals surface area contributed by atoms with Gasteiger partial charge >= 0.3 is 0 Å². The molecular weight excluding hydrogens is 487 g/mol. The summed E-state index contributed by atoms with van der Waals surface area (Å²) in [5.74, 6) is -11.8. The molecule has 190 valence electrons. The van der Waals surface area contributed by atoms with Crippen LogP contribution in [0.2, 0.25) is 0 Å². The molecule has 6 nitrogen and oxygen atoms in total. The van der Waals surface area contributed by atoms with E-state index in [2.05, 4.69) is 10.5 Å². The summed E-state index contributed by atoms with van der Waals surface area (Å²) >= 11 is 0. The number of carbonyl (C=O) groups is 1. The number of aryl methyl sites for hydroxylation is 1. The molecule has 0 heterocycles. The zero-order chi connectivity index (χ0) is 26.4. The van der Waals surface area contributed by atoms with E-state index in [0.717, 1.165) is 11.1 Å². The van der Waals surface area contributed by atoms with Crippen LogP contribution in [-0.2, 0) is 11.4 Å². The second-order valence-electron chi connectivity index (χ2n) is 7.54. The number of amides is 1. The fourth-order valence-corrected chi connectivity index (χ4v) is 3.09. The molecule has 0 fully saturated rings. The molecule has 0 radical (unpaired) electrons. The third-order valence-corrected chi connectivity index (χ3v) is 5.16. The third kappa shape index (κ3) is 5.91. The predicted octanol–water partition coefficient (Wildman–Crippen LogP) is 5.12. The Morgan fingerprint density at radius 3 is 2.25 bits per heavy atom. The molecule has 3 aromatic carbocycles. The van der Waals surface area contributed by atoms with Crippen LogP contribution < -0.4 is 19.6 Å². The summed E-state index contributed by atoms with van der Waals surface area (Å²) in [4.78, 5) is 12.0. The Balaban J connectivity index is 1.66. The highest BCUT2D eigenvalue weighted by Gasteiger charge is 2.27. The molecule has 0 aliphatic rings. The topological polar surface area (TPSA) is 69.2 Å². The van der Waals surface area contributed by atoms with E-state index in [1.54, 1.807) is 12.1 Å². The molecular formula is C25H21F5N2O4. The number of hydrazone groups is 1. The Morgan fingerprint density at radius 2 is 1.58 bits per heavy atom. The van der Waals surface area contributed by atoms with Crippen molar-refractivity contribution in [2.75, 3.05) is 13.7 Å². The highest BCUT2D eigenvalue weighted by molar-refractivity contribution is 5.83. The molecule has 0 aliphatic carbocycles. The number of hydrogen-bond donors (Lipinski definition) is 1. The number of nitrogens with one attached hydrogen (secondary N) is 1. The summed E-state index contributed by atoms with van der Waals surface area (Å²) in [5.41, 5.74) is 4.86. The number of ether oxygens (including phenoxy) is 3. The highest BCUT2D eigenvalue weighted by Crippen LogP contribution is 2.31. The lowest BCUT2D eigenvalue weighted by Gasteiger charge is -2.13. The predicted molar refractivity (Wildman–Crippen MR) is 121 cm³/mol. The van der Waals surface area contributed by atoms with Crippen molar-refractivity contribution >= 4 is 12.1 Å². The fraction of sp³-hybridized carbons (Fsp3) is 0.200. The van der Waals surface area contributed by atoms with Crippen molar-refractivity contribution in [3.05, 3.63) is 87.7 Å². The maximum Gasteiger partial charge on any atom is 0.277 e. The molecule has 1 N–H and O–H groups in total. The van der Waals surface area contributed by atoms with Crippen LogP contribution in [0.15, 0.2) is 41.5 Å². The zero-order valence-electron chi connectivity index (χ0n) is 19.4. The van der Waals surface area contributed by atoms with Gasteiger partial charge in [0.25, 0.3) is 5.91 Å². The van der Waals surface area contributed by atoms with E-state index in [-0.39, 0.29) is 17.9 Å². The maximum absolute atomic E-state index is 13.9. The van der Waals surface area contributed by atoms with Crippen molar-refractivity contribution in [2.24, 2.45) is 5.10 Å². The number of rotatable bonds is 9. The number of methoxy groups -OCH3 is 1. The van der Waals surface area contributed by atoms with Gasteiger partial charge in [-0.1, -0.05) is 12.1 Å². The number of benzene rings is 3. The van der Waals surface area contributed by atoms with Gasteiger partial charge in [0.15, 0.2) is 12.4 Å². The molecule has 1 amide bonds. The summed E-state index contributed by atoms with van der Waals surface area (Å²) in [6.07, 6.45) is 1.27. The van der Waals surface area contributed by atoms with Crippen LogP contribution in [0.4, 0.5) is 22.0 Å². The Kier molecular flexibility index (Phi) is 8.46. The van der Waals surface area contributed by atoms with Crippen molar-refractivity contribution in [3.63, 3.8) is 0 Å². The van der Waals surface area contributed by atoms with E-state index in [1.165, 1.54) is 25.5 Å². The van der Waals surface area contributed by atoms with E-state index < -0.39 is 47.3 Å². The van der Waals surface area contributed by atoms with Gasteiger partial charge in [-0.25, -0.2) is 18.6 Å². The largest absolute Gasteiger partial charge is 0.496 e. The summed E-state index contributed by atoms with van der Waals surface area (Å²) in [5, 5.41) is 3.82. The molecule has 0 unspecified atom stereocenters. The first kappa shape index (κ1) is 26.5. The minimum absolute atomic E-state index is 0.218. The Bertz CT molecular complexity index is 1290. The van der Waals surface area contributed by atoms with Crippen LogP contribution in [0.25, 0.3) is 0 Å². The van der Waals surface area contributed by atoms with Gasteiger partial charge < -0.3 is 14.2 Å². The molecule has 0 spiro atoms. The lowest BCUT2D eigenvalue weighted by Crippen LogP contribution is -2.24. The van der Waals surface area contributed by atoms with Crippen molar-refractivity contribution in [2.45, 2.75) is 20.5 Å². The van der Waals surface area contributed by atoms with E-state index in [4.69, 9.17) is 14.2 Å². The van der Waals surface area contributed by atoms with Gasteiger partial charge in [0.05, 0.1) is 13.3 Å². The summed E-state index contributed by atoms with van der Waals surface area (Å²) in [7, 11) is 1.32. The monoisotopic (exact) mass is 508 g/mol.